The van der Waals surface area contributed by atoms with Crippen molar-refractivity contribution in [1.29, 1.82) is 0 Å². The molecule has 0 aliphatic carbocycles. The third-order valence-electron chi connectivity index (χ3n) is 4.39. The van der Waals surface area contributed by atoms with Gasteiger partial charge in [0.2, 0.25) is 11.8 Å². The van der Waals surface area contributed by atoms with Crippen molar-refractivity contribution in [3.63, 3.8) is 0 Å². The summed E-state index contributed by atoms with van der Waals surface area (Å²) >= 11 is 6.01. The van der Waals surface area contributed by atoms with E-state index in [1.807, 2.05) is 0 Å². The first-order chi connectivity index (χ1) is 11.4. The van der Waals surface area contributed by atoms with Gasteiger partial charge in [0.05, 0.1) is 16.7 Å². The maximum absolute atomic E-state index is 12.4. The van der Waals surface area contributed by atoms with Gasteiger partial charge in [-0.15, -0.1) is 0 Å². The maximum Gasteiger partial charge on any atom is 0.253 e. The molecule has 1 aromatic carbocycles. The molecular formula is C16H18ClN3O4. The Kier molecular flexibility index (Phi) is 4.47. The molecule has 0 saturated carbocycles. The Morgan fingerprint density at radius 2 is 2.12 bits per heavy atom. The molecule has 3 N–H and O–H groups in total. The Hall–Kier alpha value is -2.12. The van der Waals surface area contributed by atoms with E-state index < -0.39 is 18.2 Å². The van der Waals surface area contributed by atoms with Crippen molar-refractivity contribution in [2.24, 2.45) is 0 Å². The van der Waals surface area contributed by atoms with Gasteiger partial charge in [-0.25, -0.2) is 0 Å². The van der Waals surface area contributed by atoms with E-state index in [0.717, 1.165) is 0 Å². The van der Waals surface area contributed by atoms with Crippen molar-refractivity contribution >= 4 is 29.3 Å². The van der Waals surface area contributed by atoms with Gasteiger partial charge in [-0.2, -0.15) is 0 Å². The predicted molar refractivity (Wildman–Crippen MR) is 86.4 cm³/mol. The molecular weight excluding hydrogens is 334 g/mol. The van der Waals surface area contributed by atoms with Gasteiger partial charge in [0.1, 0.15) is 12.1 Å². The molecule has 2 fully saturated rings. The SMILES string of the molecule is C[C@@H](O)[C@@H]1NC(=O)[C@@H]2C[C@H](NC(=O)c3ccccc3Cl)CN2C1=O. The fourth-order valence-corrected chi connectivity index (χ4v) is 3.38. The molecule has 24 heavy (non-hydrogen) atoms. The Labute approximate surface area is 144 Å². The normalized spacial score (nSPS) is 27.5. The summed E-state index contributed by atoms with van der Waals surface area (Å²) in [4.78, 5) is 38.3. The van der Waals surface area contributed by atoms with E-state index in [9.17, 15) is 19.5 Å². The molecule has 0 spiro atoms. The number of rotatable bonds is 3. The summed E-state index contributed by atoms with van der Waals surface area (Å²) in [6, 6.07) is 4.77. The molecule has 1 aromatic rings. The first-order valence-corrected chi connectivity index (χ1v) is 8.10. The van der Waals surface area contributed by atoms with Crippen LogP contribution in [0.1, 0.15) is 23.7 Å². The van der Waals surface area contributed by atoms with E-state index in [-0.39, 0.29) is 30.3 Å². The van der Waals surface area contributed by atoms with E-state index in [1.54, 1.807) is 24.3 Å². The number of nitrogens with one attached hydrogen (secondary N) is 2. The zero-order chi connectivity index (χ0) is 17.4. The number of aliphatic hydroxyl groups is 1. The van der Waals surface area contributed by atoms with Crippen LogP contribution in [-0.4, -0.2) is 58.5 Å². The quantitative estimate of drug-likeness (QED) is 0.709. The molecule has 7 nitrogen and oxygen atoms in total. The van der Waals surface area contributed by atoms with Crippen LogP contribution in [-0.2, 0) is 9.59 Å². The number of nitrogens with zero attached hydrogens (tertiary/aromatic N) is 1. The zero-order valence-corrected chi connectivity index (χ0v) is 13.8. The minimum absolute atomic E-state index is 0.232. The van der Waals surface area contributed by atoms with Crippen molar-refractivity contribution in [3.8, 4) is 0 Å². The lowest BCUT2D eigenvalue weighted by Crippen LogP contribution is -2.64. The molecule has 0 radical (unpaired) electrons. The fraction of sp³-hybridized carbons (Fsp3) is 0.438. The third kappa shape index (κ3) is 2.97. The number of piperazine rings is 1. The highest BCUT2D eigenvalue weighted by Gasteiger charge is 2.47. The monoisotopic (exact) mass is 351 g/mol. The van der Waals surface area contributed by atoms with Crippen LogP contribution in [0.15, 0.2) is 24.3 Å². The van der Waals surface area contributed by atoms with Gasteiger partial charge in [0, 0.05) is 12.6 Å². The third-order valence-corrected chi connectivity index (χ3v) is 4.72. The average Bonchev–Trinajstić information content (AvgIpc) is 2.95. The van der Waals surface area contributed by atoms with E-state index in [2.05, 4.69) is 10.6 Å². The summed E-state index contributed by atoms with van der Waals surface area (Å²) in [5.74, 6) is -0.982. The Bertz CT molecular complexity index is 694. The van der Waals surface area contributed by atoms with Gasteiger partial charge < -0.3 is 20.6 Å². The lowest BCUT2D eigenvalue weighted by molar-refractivity contribution is -0.149. The molecule has 4 atom stereocenters. The molecule has 0 aromatic heterocycles. The number of halogens is 1. The number of fused-ring (bicyclic) bond motifs is 1. The molecule has 3 amide bonds. The average molecular weight is 352 g/mol. The van der Waals surface area contributed by atoms with Crippen LogP contribution in [0.3, 0.4) is 0 Å². The van der Waals surface area contributed by atoms with Gasteiger partial charge in [-0.3, -0.25) is 14.4 Å². The fourth-order valence-electron chi connectivity index (χ4n) is 3.16. The first kappa shape index (κ1) is 16.7. The largest absolute Gasteiger partial charge is 0.391 e. The zero-order valence-electron chi connectivity index (χ0n) is 13.0. The second-order valence-corrected chi connectivity index (χ2v) is 6.53. The smallest absolute Gasteiger partial charge is 0.253 e. The van der Waals surface area contributed by atoms with Gasteiger partial charge in [0.25, 0.3) is 5.91 Å². The molecule has 3 rings (SSSR count). The Morgan fingerprint density at radius 1 is 1.42 bits per heavy atom. The number of carbonyl (C=O) groups excluding carboxylic acids is 3. The van der Waals surface area contributed by atoms with Crippen LogP contribution in [0.5, 0.6) is 0 Å². The summed E-state index contributed by atoms with van der Waals surface area (Å²) in [6.07, 6.45) is -0.639. The van der Waals surface area contributed by atoms with E-state index in [4.69, 9.17) is 11.6 Å². The number of carbonyl (C=O) groups is 3. The molecule has 8 heteroatoms. The number of aliphatic hydroxyl groups excluding tert-OH is 1. The topological polar surface area (TPSA) is 98.7 Å². The summed E-state index contributed by atoms with van der Waals surface area (Å²) in [7, 11) is 0. The van der Waals surface area contributed by atoms with E-state index in [0.29, 0.717) is 17.0 Å². The van der Waals surface area contributed by atoms with Gasteiger partial charge in [-0.1, -0.05) is 23.7 Å². The van der Waals surface area contributed by atoms with Crippen molar-refractivity contribution < 1.29 is 19.5 Å². The molecule has 2 saturated heterocycles. The van der Waals surface area contributed by atoms with Crippen molar-refractivity contribution in [1.82, 2.24) is 15.5 Å². The summed E-state index contributed by atoms with van der Waals surface area (Å²) in [5, 5.41) is 15.3. The maximum atomic E-state index is 12.4. The highest BCUT2D eigenvalue weighted by atomic mass is 35.5. The highest BCUT2D eigenvalue weighted by molar-refractivity contribution is 6.33. The molecule has 2 aliphatic rings. The number of hydrogen-bond acceptors (Lipinski definition) is 4. The molecule has 2 aliphatic heterocycles. The number of amides is 3. The standard InChI is InChI=1S/C16H18ClN3O4/c1-8(21)13-16(24)20-7-9(6-12(20)15(23)19-13)18-14(22)10-4-2-3-5-11(10)17/h2-5,8-9,12-13,21H,6-7H2,1H3,(H,18,22)(H,19,23)/t8-,9+,12+,13+/m1/s1. The van der Waals surface area contributed by atoms with Crippen molar-refractivity contribution in [2.45, 2.75) is 37.6 Å². The first-order valence-electron chi connectivity index (χ1n) is 7.73. The van der Waals surface area contributed by atoms with Crippen molar-refractivity contribution in [3.05, 3.63) is 34.9 Å². The minimum atomic E-state index is -0.973. The van der Waals surface area contributed by atoms with Gasteiger partial charge in [-0.05, 0) is 25.5 Å². The van der Waals surface area contributed by atoms with E-state index in [1.165, 1.54) is 11.8 Å². The molecule has 0 unspecified atom stereocenters. The predicted octanol–water partition coefficient (Wildman–Crippen LogP) is -0.0815. The summed E-state index contributed by atoms with van der Waals surface area (Å²) < 4.78 is 0. The van der Waals surface area contributed by atoms with Crippen LogP contribution < -0.4 is 10.6 Å². The summed E-state index contributed by atoms with van der Waals surface area (Å²) in [6.45, 7) is 1.69. The highest BCUT2D eigenvalue weighted by Crippen LogP contribution is 2.24. The van der Waals surface area contributed by atoms with E-state index >= 15 is 0 Å². The number of hydrogen-bond donors (Lipinski definition) is 3. The Balaban J connectivity index is 1.71. The summed E-state index contributed by atoms with van der Waals surface area (Å²) in [5.41, 5.74) is 0.349. The van der Waals surface area contributed by atoms with Crippen LogP contribution >= 0.6 is 11.6 Å². The second kappa shape index (κ2) is 6.41. The molecule has 0 bridgehead atoms. The van der Waals surface area contributed by atoms with Crippen LogP contribution in [0, 0.1) is 0 Å². The van der Waals surface area contributed by atoms with Gasteiger partial charge >= 0.3 is 0 Å². The lowest BCUT2D eigenvalue weighted by Gasteiger charge is -2.35. The van der Waals surface area contributed by atoms with Gasteiger partial charge in [0.15, 0.2) is 0 Å². The van der Waals surface area contributed by atoms with Crippen LogP contribution in [0.4, 0.5) is 0 Å². The lowest BCUT2D eigenvalue weighted by atomic mass is 10.0. The molecule has 2 heterocycles. The molecule has 128 valence electrons. The second-order valence-electron chi connectivity index (χ2n) is 6.12. The van der Waals surface area contributed by atoms with Crippen molar-refractivity contribution in [2.75, 3.05) is 6.54 Å². The van der Waals surface area contributed by atoms with Crippen LogP contribution in [0.2, 0.25) is 5.02 Å². The van der Waals surface area contributed by atoms with Crippen LogP contribution in [0.25, 0.3) is 0 Å². The Morgan fingerprint density at radius 3 is 2.79 bits per heavy atom. The number of benzene rings is 1. The minimum Gasteiger partial charge on any atom is -0.391 e.